The van der Waals surface area contributed by atoms with Crippen LogP contribution in [0.15, 0.2) is 34.9 Å². The van der Waals surface area contributed by atoms with E-state index in [4.69, 9.17) is 4.42 Å². The van der Waals surface area contributed by atoms with Crippen LogP contribution >= 0.6 is 0 Å². The molecule has 0 radical (unpaired) electrons. The second kappa shape index (κ2) is 4.45. The Morgan fingerprint density at radius 2 is 2.00 bits per heavy atom. The van der Waals surface area contributed by atoms with Crippen LogP contribution in [0.2, 0.25) is 0 Å². The smallest absolute Gasteiger partial charge is 0.259 e. The molecule has 2 aromatic rings. The van der Waals surface area contributed by atoms with Crippen molar-refractivity contribution in [2.45, 2.75) is 20.8 Å². The summed E-state index contributed by atoms with van der Waals surface area (Å²) in [4.78, 5) is 12.1. The van der Waals surface area contributed by atoms with Crippen molar-refractivity contribution in [2.24, 2.45) is 0 Å². The van der Waals surface area contributed by atoms with Crippen LogP contribution in [-0.2, 0) is 0 Å². The highest BCUT2D eigenvalue weighted by Gasteiger charge is 2.15. The molecule has 0 saturated heterocycles. The van der Waals surface area contributed by atoms with Crippen LogP contribution in [0.5, 0.6) is 0 Å². The van der Waals surface area contributed by atoms with Gasteiger partial charge >= 0.3 is 0 Å². The predicted molar refractivity (Wildman–Crippen MR) is 67.3 cm³/mol. The molecule has 1 N–H and O–H groups in total. The Kier molecular flexibility index (Phi) is 3.00. The Bertz CT molecular complexity index is 536. The zero-order chi connectivity index (χ0) is 12.4. The Labute approximate surface area is 100 Å². The third-order valence-electron chi connectivity index (χ3n) is 2.66. The Hall–Kier alpha value is -2.03. The van der Waals surface area contributed by atoms with Gasteiger partial charge < -0.3 is 9.73 Å². The number of aryl methyl sites for hydroxylation is 3. The van der Waals surface area contributed by atoms with Crippen molar-refractivity contribution in [1.82, 2.24) is 0 Å². The lowest BCUT2D eigenvalue weighted by atomic mass is 10.1. The summed E-state index contributed by atoms with van der Waals surface area (Å²) in [7, 11) is 0. The summed E-state index contributed by atoms with van der Waals surface area (Å²) in [6.07, 6.45) is 1.60. The van der Waals surface area contributed by atoms with Gasteiger partial charge in [-0.25, -0.2) is 0 Å². The first-order valence-corrected chi connectivity index (χ1v) is 5.50. The number of anilines is 1. The standard InChI is InChI=1S/C14H15NO2/c1-9-5-4-6-12(7-9)15-14(16)13-10(2)8-17-11(13)3/h4-8H,1-3H3,(H,15,16). The summed E-state index contributed by atoms with van der Waals surface area (Å²) < 4.78 is 5.22. The van der Waals surface area contributed by atoms with E-state index in [9.17, 15) is 4.79 Å². The number of benzene rings is 1. The van der Waals surface area contributed by atoms with Crippen LogP contribution in [0.4, 0.5) is 5.69 Å². The summed E-state index contributed by atoms with van der Waals surface area (Å²) in [5.41, 5.74) is 3.39. The average molecular weight is 229 g/mol. The first kappa shape index (κ1) is 11.5. The van der Waals surface area contributed by atoms with E-state index >= 15 is 0 Å². The summed E-state index contributed by atoms with van der Waals surface area (Å²) in [6.45, 7) is 5.64. The van der Waals surface area contributed by atoms with E-state index < -0.39 is 0 Å². The quantitative estimate of drug-likeness (QED) is 0.856. The summed E-state index contributed by atoms with van der Waals surface area (Å²) in [5, 5.41) is 2.87. The molecule has 2 rings (SSSR count). The molecular weight excluding hydrogens is 214 g/mol. The molecular formula is C14H15NO2. The minimum absolute atomic E-state index is 0.126. The normalized spacial score (nSPS) is 10.3. The first-order valence-electron chi connectivity index (χ1n) is 5.50. The highest BCUT2D eigenvalue weighted by molar-refractivity contribution is 6.05. The summed E-state index contributed by atoms with van der Waals surface area (Å²) >= 11 is 0. The van der Waals surface area contributed by atoms with Crippen LogP contribution in [-0.4, -0.2) is 5.91 Å². The number of hydrogen-bond acceptors (Lipinski definition) is 2. The molecule has 88 valence electrons. The molecule has 0 atom stereocenters. The summed E-state index contributed by atoms with van der Waals surface area (Å²) in [5.74, 6) is 0.520. The number of hydrogen-bond donors (Lipinski definition) is 1. The molecule has 0 unspecified atom stereocenters. The van der Waals surface area contributed by atoms with Crippen molar-refractivity contribution in [3.05, 3.63) is 53.0 Å². The number of carbonyl (C=O) groups excluding carboxylic acids is 1. The molecule has 0 aliphatic rings. The zero-order valence-corrected chi connectivity index (χ0v) is 10.2. The van der Waals surface area contributed by atoms with Gasteiger partial charge in [0.1, 0.15) is 5.76 Å². The van der Waals surface area contributed by atoms with E-state index in [1.54, 1.807) is 13.2 Å². The predicted octanol–water partition coefficient (Wildman–Crippen LogP) is 3.46. The summed E-state index contributed by atoms with van der Waals surface area (Å²) in [6, 6.07) is 7.71. The molecule has 1 aromatic heterocycles. The van der Waals surface area contributed by atoms with Crippen molar-refractivity contribution >= 4 is 11.6 Å². The van der Waals surface area contributed by atoms with Crippen molar-refractivity contribution in [1.29, 1.82) is 0 Å². The minimum Gasteiger partial charge on any atom is -0.469 e. The third-order valence-corrected chi connectivity index (χ3v) is 2.66. The van der Waals surface area contributed by atoms with Gasteiger partial charge in [0.25, 0.3) is 5.91 Å². The van der Waals surface area contributed by atoms with Gasteiger partial charge in [0.15, 0.2) is 0 Å². The topological polar surface area (TPSA) is 42.2 Å². The number of nitrogens with one attached hydrogen (secondary N) is 1. The maximum absolute atomic E-state index is 12.1. The van der Waals surface area contributed by atoms with E-state index in [1.165, 1.54) is 0 Å². The van der Waals surface area contributed by atoms with Crippen molar-refractivity contribution in [3.63, 3.8) is 0 Å². The molecule has 17 heavy (non-hydrogen) atoms. The maximum Gasteiger partial charge on any atom is 0.259 e. The molecule has 1 heterocycles. The lowest BCUT2D eigenvalue weighted by molar-refractivity contribution is 0.102. The average Bonchev–Trinajstić information content (AvgIpc) is 2.58. The highest BCUT2D eigenvalue weighted by atomic mass is 16.3. The molecule has 3 nitrogen and oxygen atoms in total. The highest BCUT2D eigenvalue weighted by Crippen LogP contribution is 2.18. The van der Waals surface area contributed by atoms with E-state index in [-0.39, 0.29) is 5.91 Å². The molecule has 3 heteroatoms. The molecule has 0 spiro atoms. The lowest BCUT2D eigenvalue weighted by Gasteiger charge is -2.05. The first-order chi connectivity index (χ1) is 8.08. The molecule has 0 aliphatic carbocycles. The largest absolute Gasteiger partial charge is 0.469 e. The maximum atomic E-state index is 12.1. The van der Waals surface area contributed by atoms with Gasteiger partial charge in [0.05, 0.1) is 11.8 Å². The van der Waals surface area contributed by atoms with Gasteiger partial charge in [0.2, 0.25) is 0 Å². The zero-order valence-electron chi connectivity index (χ0n) is 10.2. The number of amides is 1. The van der Waals surface area contributed by atoms with Gasteiger partial charge in [0, 0.05) is 11.3 Å². The van der Waals surface area contributed by atoms with Crippen LogP contribution in [0.25, 0.3) is 0 Å². The van der Waals surface area contributed by atoms with Crippen LogP contribution in [0.3, 0.4) is 0 Å². The Morgan fingerprint density at radius 3 is 2.59 bits per heavy atom. The molecule has 1 aromatic carbocycles. The SMILES string of the molecule is Cc1cccc(NC(=O)c2c(C)coc2C)c1. The van der Waals surface area contributed by atoms with Crippen LogP contribution in [0, 0.1) is 20.8 Å². The Balaban J connectivity index is 2.23. The van der Waals surface area contributed by atoms with Gasteiger partial charge in [-0.2, -0.15) is 0 Å². The monoisotopic (exact) mass is 229 g/mol. The fourth-order valence-electron chi connectivity index (χ4n) is 1.83. The third kappa shape index (κ3) is 2.38. The fourth-order valence-corrected chi connectivity index (χ4v) is 1.83. The van der Waals surface area contributed by atoms with Crippen molar-refractivity contribution < 1.29 is 9.21 Å². The second-order valence-corrected chi connectivity index (χ2v) is 4.17. The number of furan rings is 1. The van der Waals surface area contributed by atoms with Crippen molar-refractivity contribution in [3.8, 4) is 0 Å². The van der Waals surface area contributed by atoms with E-state index in [0.717, 1.165) is 16.8 Å². The fraction of sp³-hybridized carbons (Fsp3) is 0.214. The molecule has 0 fully saturated rings. The van der Waals surface area contributed by atoms with Gasteiger partial charge in [-0.3, -0.25) is 4.79 Å². The second-order valence-electron chi connectivity index (χ2n) is 4.17. The van der Waals surface area contributed by atoms with Crippen molar-refractivity contribution in [2.75, 3.05) is 5.32 Å². The minimum atomic E-state index is -0.126. The van der Waals surface area contributed by atoms with E-state index in [1.807, 2.05) is 38.1 Å². The van der Waals surface area contributed by atoms with Crippen LogP contribution < -0.4 is 5.32 Å². The number of carbonyl (C=O) groups is 1. The Morgan fingerprint density at radius 1 is 1.24 bits per heavy atom. The van der Waals surface area contributed by atoms with E-state index in [0.29, 0.717) is 11.3 Å². The molecule has 1 amide bonds. The van der Waals surface area contributed by atoms with Gasteiger partial charge in [-0.05, 0) is 38.5 Å². The van der Waals surface area contributed by atoms with Crippen LogP contribution in [0.1, 0.15) is 27.2 Å². The molecule has 0 aliphatic heterocycles. The van der Waals surface area contributed by atoms with Gasteiger partial charge in [-0.15, -0.1) is 0 Å². The van der Waals surface area contributed by atoms with Gasteiger partial charge in [-0.1, -0.05) is 12.1 Å². The van der Waals surface area contributed by atoms with E-state index in [2.05, 4.69) is 5.32 Å². The molecule has 0 saturated carbocycles. The molecule has 0 bridgehead atoms. The number of rotatable bonds is 2. The lowest BCUT2D eigenvalue weighted by Crippen LogP contribution is -2.13.